The molecule has 0 aliphatic heterocycles. The number of rotatable bonds is 7. The van der Waals surface area contributed by atoms with Gasteiger partial charge in [-0.3, -0.25) is 9.59 Å². The molecule has 0 radical (unpaired) electrons. The standard InChI is InChI=1S/C20H24N2O2S2/c23-18(13-16-7-3-11-25-16)22(15-9-10-15)19(17-8-4-12-26-17)20(24)21-14-5-1-2-6-14/h3-4,7-8,11-12,14-15,19H,1-2,5-6,9-10,13H2,(H,21,24). The first-order valence-electron chi connectivity index (χ1n) is 9.39. The van der Waals surface area contributed by atoms with Gasteiger partial charge in [0.05, 0.1) is 6.42 Å². The van der Waals surface area contributed by atoms with Crippen molar-refractivity contribution in [1.82, 2.24) is 10.2 Å². The third-order valence-corrected chi connectivity index (χ3v) is 6.98. The van der Waals surface area contributed by atoms with Crippen molar-refractivity contribution >= 4 is 34.5 Å². The summed E-state index contributed by atoms with van der Waals surface area (Å²) in [6.07, 6.45) is 6.83. The molecule has 2 aliphatic carbocycles. The van der Waals surface area contributed by atoms with Gasteiger partial charge in [-0.2, -0.15) is 0 Å². The third kappa shape index (κ3) is 4.01. The van der Waals surface area contributed by atoms with E-state index in [4.69, 9.17) is 0 Å². The maximum absolute atomic E-state index is 13.2. The number of thiophene rings is 2. The zero-order valence-electron chi connectivity index (χ0n) is 14.7. The van der Waals surface area contributed by atoms with Crippen molar-refractivity contribution in [2.24, 2.45) is 0 Å². The van der Waals surface area contributed by atoms with Crippen LogP contribution in [-0.4, -0.2) is 28.8 Å². The summed E-state index contributed by atoms with van der Waals surface area (Å²) in [7, 11) is 0. The minimum absolute atomic E-state index is 0.00854. The van der Waals surface area contributed by atoms with Gasteiger partial charge in [0.15, 0.2) is 0 Å². The summed E-state index contributed by atoms with van der Waals surface area (Å²) in [5.74, 6) is 0.0562. The second-order valence-electron chi connectivity index (χ2n) is 7.20. The number of carbonyl (C=O) groups excluding carboxylic acids is 2. The molecule has 1 N–H and O–H groups in total. The van der Waals surface area contributed by atoms with Crippen molar-refractivity contribution in [3.8, 4) is 0 Å². The van der Waals surface area contributed by atoms with Gasteiger partial charge in [-0.05, 0) is 48.6 Å². The average molecular weight is 389 g/mol. The van der Waals surface area contributed by atoms with E-state index in [9.17, 15) is 9.59 Å². The van der Waals surface area contributed by atoms with Crippen molar-refractivity contribution in [3.63, 3.8) is 0 Å². The molecule has 2 aromatic heterocycles. The maximum Gasteiger partial charge on any atom is 0.248 e. The van der Waals surface area contributed by atoms with E-state index in [1.54, 1.807) is 22.7 Å². The molecular formula is C20H24N2O2S2. The number of amides is 2. The molecule has 4 nitrogen and oxygen atoms in total. The largest absolute Gasteiger partial charge is 0.351 e. The van der Waals surface area contributed by atoms with Crippen LogP contribution in [0, 0.1) is 0 Å². The van der Waals surface area contributed by atoms with Gasteiger partial charge in [0.25, 0.3) is 0 Å². The summed E-state index contributed by atoms with van der Waals surface area (Å²) in [4.78, 5) is 30.2. The van der Waals surface area contributed by atoms with Crippen LogP contribution in [0.3, 0.4) is 0 Å². The second kappa shape index (κ2) is 7.92. The lowest BCUT2D eigenvalue weighted by atomic mass is 10.1. The van der Waals surface area contributed by atoms with Crippen LogP contribution in [0.2, 0.25) is 0 Å². The van der Waals surface area contributed by atoms with Crippen molar-refractivity contribution < 1.29 is 9.59 Å². The lowest BCUT2D eigenvalue weighted by molar-refractivity contribution is -0.141. The Morgan fingerprint density at radius 1 is 1.08 bits per heavy atom. The first-order chi connectivity index (χ1) is 12.7. The normalized spacial score (nSPS) is 18.6. The smallest absolute Gasteiger partial charge is 0.248 e. The fraction of sp³-hybridized carbons (Fsp3) is 0.500. The van der Waals surface area contributed by atoms with E-state index >= 15 is 0 Å². The van der Waals surface area contributed by atoms with E-state index in [2.05, 4.69) is 5.32 Å². The van der Waals surface area contributed by atoms with Gasteiger partial charge in [0.2, 0.25) is 11.8 Å². The molecule has 2 heterocycles. The van der Waals surface area contributed by atoms with E-state index in [0.717, 1.165) is 35.4 Å². The molecular weight excluding hydrogens is 364 g/mol. The summed E-state index contributed by atoms with van der Waals surface area (Å²) in [6.45, 7) is 0. The zero-order valence-corrected chi connectivity index (χ0v) is 16.4. The monoisotopic (exact) mass is 388 g/mol. The molecule has 2 aliphatic rings. The third-order valence-electron chi connectivity index (χ3n) is 5.17. The lowest BCUT2D eigenvalue weighted by Crippen LogP contribution is -2.47. The molecule has 2 aromatic rings. The molecule has 0 saturated heterocycles. The Morgan fingerprint density at radius 3 is 2.42 bits per heavy atom. The molecule has 2 amide bonds. The Hall–Kier alpha value is -1.66. The number of carbonyl (C=O) groups is 2. The van der Waals surface area contributed by atoms with Gasteiger partial charge in [-0.15, -0.1) is 22.7 Å². The van der Waals surface area contributed by atoms with Crippen LogP contribution in [0.4, 0.5) is 0 Å². The molecule has 0 bridgehead atoms. The SMILES string of the molecule is O=C(NC1CCCC1)C(c1cccs1)N(C(=O)Cc1cccs1)C1CC1. The fourth-order valence-electron chi connectivity index (χ4n) is 3.75. The predicted molar refractivity (Wildman–Crippen MR) is 105 cm³/mol. The van der Waals surface area contributed by atoms with Crippen molar-refractivity contribution in [1.29, 1.82) is 0 Å². The van der Waals surface area contributed by atoms with Gasteiger partial charge < -0.3 is 10.2 Å². The van der Waals surface area contributed by atoms with Gasteiger partial charge in [0.1, 0.15) is 6.04 Å². The van der Waals surface area contributed by atoms with Crippen LogP contribution >= 0.6 is 22.7 Å². The number of nitrogens with one attached hydrogen (secondary N) is 1. The van der Waals surface area contributed by atoms with Crippen molar-refractivity contribution in [2.45, 2.75) is 63.1 Å². The van der Waals surface area contributed by atoms with E-state index < -0.39 is 6.04 Å². The Kier molecular flexibility index (Phi) is 5.41. The molecule has 0 aromatic carbocycles. The highest BCUT2D eigenvalue weighted by Gasteiger charge is 2.42. The minimum atomic E-state index is -0.490. The minimum Gasteiger partial charge on any atom is -0.351 e. The summed E-state index contributed by atoms with van der Waals surface area (Å²) in [5.41, 5.74) is 0. The highest BCUT2D eigenvalue weighted by Crippen LogP contribution is 2.37. The summed E-state index contributed by atoms with van der Waals surface area (Å²) >= 11 is 3.16. The fourth-order valence-corrected chi connectivity index (χ4v) is 5.27. The molecule has 4 rings (SSSR count). The summed E-state index contributed by atoms with van der Waals surface area (Å²) < 4.78 is 0. The van der Waals surface area contributed by atoms with Crippen LogP contribution in [0.1, 0.15) is 54.3 Å². The van der Waals surface area contributed by atoms with Crippen molar-refractivity contribution in [2.75, 3.05) is 0 Å². The molecule has 0 spiro atoms. The molecule has 6 heteroatoms. The van der Waals surface area contributed by atoms with Crippen LogP contribution < -0.4 is 5.32 Å². The average Bonchev–Trinajstić information content (AvgIpc) is 3.07. The van der Waals surface area contributed by atoms with Crippen LogP contribution in [0.15, 0.2) is 35.0 Å². The Morgan fingerprint density at radius 2 is 1.81 bits per heavy atom. The quantitative estimate of drug-likeness (QED) is 0.775. The summed E-state index contributed by atoms with van der Waals surface area (Å²) in [5, 5.41) is 7.20. The van der Waals surface area contributed by atoms with Crippen molar-refractivity contribution in [3.05, 3.63) is 44.8 Å². The molecule has 2 saturated carbocycles. The number of hydrogen-bond donors (Lipinski definition) is 1. The first-order valence-corrected chi connectivity index (χ1v) is 11.2. The van der Waals surface area contributed by atoms with Gasteiger partial charge >= 0.3 is 0 Å². The Bertz CT molecular complexity index is 732. The summed E-state index contributed by atoms with van der Waals surface area (Å²) in [6, 6.07) is 7.88. The Labute approximate surface area is 162 Å². The molecule has 1 unspecified atom stereocenters. The highest BCUT2D eigenvalue weighted by molar-refractivity contribution is 7.10. The first kappa shape index (κ1) is 17.7. The van der Waals surface area contributed by atoms with Crippen LogP contribution in [-0.2, 0) is 16.0 Å². The number of nitrogens with zero attached hydrogens (tertiary/aromatic N) is 1. The van der Waals surface area contributed by atoms with E-state index in [0.29, 0.717) is 6.42 Å². The molecule has 1 atom stereocenters. The topological polar surface area (TPSA) is 49.4 Å². The van der Waals surface area contributed by atoms with Crippen LogP contribution in [0.25, 0.3) is 0 Å². The maximum atomic E-state index is 13.2. The van der Waals surface area contributed by atoms with Gasteiger partial charge in [0, 0.05) is 21.8 Å². The molecule has 2 fully saturated rings. The lowest BCUT2D eigenvalue weighted by Gasteiger charge is -2.31. The molecule has 26 heavy (non-hydrogen) atoms. The molecule has 138 valence electrons. The Balaban J connectivity index is 1.57. The van der Waals surface area contributed by atoms with Gasteiger partial charge in [-0.25, -0.2) is 0 Å². The second-order valence-corrected chi connectivity index (χ2v) is 9.21. The van der Waals surface area contributed by atoms with E-state index in [1.807, 2.05) is 39.9 Å². The zero-order chi connectivity index (χ0) is 17.9. The van der Waals surface area contributed by atoms with E-state index in [1.165, 1.54) is 12.8 Å². The highest BCUT2D eigenvalue weighted by atomic mass is 32.1. The van der Waals surface area contributed by atoms with E-state index in [-0.39, 0.29) is 23.9 Å². The number of hydrogen-bond acceptors (Lipinski definition) is 4. The van der Waals surface area contributed by atoms with Crippen LogP contribution in [0.5, 0.6) is 0 Å². The van der Waals surface area contributed by atoms with Gasteiger partial charge in [-0.1, -0.05) is 25.0 Å². The predicted octanol–water partition coefficient (Wildman–Crippen LogP) is 4.14.